The van der Waals surface area contributed by atoms with E-state index in [0.717, 1.165) is 27.1 Å². The number of hydrogen-bond acceptors (Lipinski definition) is 4. The van der Waals surface area contributed by atoms with Gasteiger partial charge in [0.1, 0.15) is 6.04 Å². The second-order valence-corrected chi connectivity index (χ2v) is 11.1. The molecule has 3 aromatic rings. The molecule has 0 bridgehead atoms. The molecule has 2 amide bonds. The summed E-state index contributed by atoms with van der Waals surface area (Å²) in [5, 5.41) is 5.13. The van der Waals surface area contributed by atoms with Gasteiger partial charge in [-0.1, -0.05) is 67.9 Å². The number of hydrogen-bond donors (Lipinski definition) is 1. The highest BCUT2D eigenvalue weighted by molar-refractivity contribution is 7.89. The van der Waals surface area contributed by atoms with Gasteiger partial charge in [-0.15, -0.1) is 0 Å². The van der Waals surface area contributed by atoms with E-state index >= 15 is 0 Å². The Kier molecular flexibility index (Phi) is 9.48. The smallest absolute Gasteiger partial charge is 0.243 e. The maximum Gasteiger partial charge on any atom is 0.243 e. The number of rotatable bonds is 11. The largest absolute Gasteiger partial charge is 0.354 e. The molecule has 0 aliphatic heterocycles. The second kappa shape index (κ2) is 12.3. The molecule has 0 aromatic heterocycles. The van der Waals surface area contributed by atoms with Crippen LogP contribution in [0.5, 0.6) is 0 Å². The molecule has 7 nitrogen and oxygen atoms in total. The normalized spacial score (nSPS) is 12.5. The number of sulfonamides is 1. The van der Waals surface area contributed by atoms with Crippen molar-refractivity contribution in [3.63, 3.8) is 0 Å². The Balaban J connectivity index is 1.86. The Labute approximate surface area is 218 Å². The first kappa shape index (κ1) is 27.6. The van der Waals surface area contributed by atoms with Gasteiger partial charge in [-0.2, -0.15) is 4.31 Å². The highest BCUT2D eigenvalue weighted by Crippen LogP contribution is 2.22. The molecular formula is C27H32ClN3O4S. The van der Waals surface area contributed by atoms with Crippen LogP contribution in [0.4, 0.5) is 0 Å². The summed E-state index contributed by atoms with van der Waals surface area (Å²) < 4.78 is 27.6. The first-order chi connectivity index (χ1) is 17.2. The molecule has 36 heavy (non-hydrogen) atoms. The lowest BCUT2D eigenvalue weighted by molar-refractivity contribution is -0.141. The second-order valence-electron chi connectivity index (χ2n) is 8.63. The Morgan fingerprint density at radius 2 is 1.64 bits per heavy atom. The third-order valence-electron chi connectivity index (χ3n) is 5.99. The van der Waals surface area contributed by atoms with Crippen molar-refractivity contribution in [1.82, 2.24) is 14.5 Å². The average molecular weight is 530 g/mol. The van der Waals surface area contributed by atoms with E-state index in [0.29, 0.717) is 18.0 Å². The van der Waals surface area contributed by atoms with Crippen LogP contribution in [0, 0.1) is 0 Å². The molecule has 0 unspecified atom stereocenters. The Morgan fingerprint density at radius 3 is 2.28 bits per heavy atom. The minimum atomic E-state index is -3.94. The molecule has 192 valence electrons. The molecule has 0 aliphatic rings. The first-order valence-electron chi connectivity index (χ1n) is 11.9. The highest BCUT2D eigenvalue weighted by Gasteiger charge is 2.31. The van der Waals surface area contributed by atoms with Crippen molar-refractivity contribution in [2.75, 3.05) is 20.1 Å². The summed E-state index contributed by atoms with van der Waals surface area (Å²) in [6.45, 7) is 4.02. The van der Waals surface area contributed by atoms with Gasteiger partial charge in [-0.05, 0) is 53.4 Å². The summed E-state index contributed by atoms with van der Waals surface area (Å²) in [7, 11) is -2.56. The number of likely N-dealkylation sites (N-methyl/N-ethyl adjacent to an activating group) is 1. The van der Waals surface area contributed by atoms with E-state index in [2.05, 4.69) is 5.32 Å². The molecule has 3 aromatic carbocycles. The van der Waals surface area contributed by atoms with Crippen molar-refractivity contribution >= 4 is 44.2 Å². The van der Waals surface area contributed by atoms with Crippen LogP contribution in [-0.2, 0) is 26.2 Å². The van der Waals surface area contributed by atoms with E-state index in [4.69, 9.17) is 11.6 Å². The zero-order valence-corrected chi connectivity index (χ0v) is 22.3. The van der Waals surface area contributed by atoms with Gasteiger partial charge in [-0.3, -0.25) is 9.59 Å². The Bertz CT molecular complexity index is 1310. The number of amides is 2. The molecule has 0 saturated carbocycles. The summed E-state index contributed by atoms with van der Waals surface area (Å²) in [6, 6.07) is 18.6. The summed E-state index contributed by atoms with van der Waals surface area (Å²) in [4.78, 5) is 28.0. The molecule has 1 N–H and O–H groups in total. The quantitative estimate of drug-likeness (QED) is 0.397. The fourth-order valence-electron chi connectivity index (χ4n) is 3.95. The van der Waals surface area contributed by atoms with Gasteiger partial charge in [0.25, 0.3) is 0 Å². The lowest BCUT2D eigenvalue weighted by atomic mass is 10.1. The number of nitrogens with zero attached hydrogens (tertiary/aromatic N) is 2. The van der Waals surface area contributed by atoms with Crippen LogP contribution >= 0.6 is 11.6 Å². The topological polar surface area (TPSA) is 86.8 Å². The molecule has 0 aliphatic carbocycles. The molecule has 3 rings (SSSR count). The molecule has 0 heterocycles. The fourth-order valence-corrected chi connectivity index (χ4v) is 5.23. The van der Waals surface area contributed by atoms with Crippen LogP contribution in [0.3, 0.4) is 0 Å². The maximum absolute atomic E-state index is 13.5. The van der Waals surface area contributed by atoms with Crippen LogP contribution in [-0.4, -0.2) is 55.6 Å². The van der Waals surface area contributed by atoms with Gasteiger partial charge < -0.3 is 10.2 Å². The highest BCUT2D eigenvalue weighted by atomic mass is 35.5. The maximum atomic E-state index is 13.5. The number of nitrogens with one attached hydrogen (secondary N) is 1. The van der Waals surface area contributed by atoms with E-state index in [1.54, 1.807) is 36.4 Å². The van der Waals surface area contributed by atoms with E-state index in [-0.39, 0.29) is 17.3 Å². The lowest BCUT2D eigenvalue weighted by Crippen LogP contribution is -2.51. The zero-order valence-electron chi connectivity index (χ0n) is 20.8. The minimum absolute atomic E-state index is 0.105. The van der Waals surface area contributed by atoms with Crippen molar-refractivity contribution in [3.05, 3.63) is 77.3 Å². The number of benzene rings is 3. The Hall–Kier alpha value is -2.94. The molecular weight excluding hydrogens is 498 g/mol. The molecule has 9 heteroatoms. The van der Waals surface area contributed by atoms with Crippen LogP contribution in [0.25, 0.3) is 10.8 Å². The van der Waals surface area contributed by atoms with Crippen LogP contribution < -0.4 is 5.32 Å². The van der Waals surface area contributed by atoms with Gasteiger partial charge in [0.2, 0.25) is 21.8 Å². The van der Waals surface area contributed by atoms with Crippen molar-refractivity contribution in [2.24, 2.45) is 0 Å². The summed E-state index contributed by atoms with van der Waals surface area (Å²) in [5.41, 5.74) is 0.787. The molecule has 0 radical (unpaired) electrons. The lowest BCUT2D eigenvalue weighted by Gasteiger charge is -2.32. The van der Waals surface area contributed by atoms with Gasteiger partial charge in [0.05, 0.1) is 11.4 Å². The predicted molar refractivity (Wildman–Crippen MR) is 143 cm³/mol. The van der Waals surface area contributed by atoms with E-state index in [9.17, 15) is 18.0 Å². The first-order valence-corrected chi connectivity index (χ1v) is 13.8. The van der Waals surface area contributed by atoms with Crippen molar-refractivity contribution in [1.29, 1.82) is 0 Å². The number of carbonyl (C=O) groups is 2. The average Bonchev–Trinajstić information content (AvgIpc) is 2.87. The summed E-state index contributed by atoms with van der Waals surface area (Å²) >= 11 is 6.00. The predicted octanol–water partition coefficient (Wildman–Crippen LogP) is 4.45. The fraction of sp³-hybridized carbons (Fsp3) is 0.333. The molecule has 1 atom stereocenters. The van der Waals surface area contributed by atoms with Crippen LogP contribution in [0.15, 0.2) is 71.6 Å². The van der Waals surface area contributed by atoms with Crippen molar-refractivity contribution in [2.45, 2.75) is 44.2 Å². The van der Waals surface area contributed by atoms with Crippen molar-refractivity contribution in [3.8, 4) is 0 Å². The zero-order chi connectivity index (χ0) is 26.3. The van der Waals surface area contributed by atoms with E-state index in [1.165, 1.54) is 18.0 Å². The van der Waals surface area contributed by atoms with E-state index < -0.39 is 28.5 Å². The van der Waals surface area contributed by atoms with Crippen LogP contribution in [0.1, 0.15) is 32.3 Å². The number of fused-ring (bicyclic) bond motifs is 1. The molecule has 0 spiro atoms. The molecule has 0 saturated heterocycles. The summed E-state index contributed by atoms with van der Waals surface area (Å²) in [5.74, 6) is -0.725. The summed E-state index contributed by atoms with van der Waals surface area (Å²) in [6.07, 6.45) is 1.15. The van der Waals surface area contributed by atoms with Crippen LogP contribution in [0.2, 0.25) is 5.02 Å². The van der Waals surface area contributed by atoms with Gasteiger partial charge in [0, 0.05) is 25.2 Å². The van der Waals surface area contributed by atoms with Gasteiger partial charge >= 0.3 is 0 Å². The number of carbonyl (C=O) groups excluding carboxylic acids is 2. The van der Waals surface area contributed by atoms with Gasteiger partial charge in [-0.25, -0.2) is 8.42 Å². The number of halogens is 1. The minimum Gasteiger partial charge on any atom is -0.354 e. The Morgan fingerprint density at radius 1 is 0.972 bits per heavy atom. The van der Waals surface area contributed by atoms with Gasteiger partial charge in [0.15, 0.2) is 0 Å². The molecule has 0 fully saturated rings. The van der Waals surface area contributed by atoms with Crippen molar-refractivity contribution < 1.29 is 18.0 Å². The SMILES string of the molecule is CCCNC(=O)[C@@H](CC)N(Cc1ccc(Cl)cc1)C(=O)CN(C)S(=O)(=O)c1ccc2ccccc2c1. The van der Waals surface area contributed by atoms with E-state index in [1.807, 2.05) is 38.1 Å². The third kappa shape index (κ3) is 6.63. The monoisotopic (exact) mass is 529 g/mol. The third-order valence-corrected chi connectivity index (χ3v) is 8.04. The standard InChI is InChI=1S/C27H32ClN3O4S/c1-4-16-29-27(33)25(5-2)31(18-20-10-13-23(28)14-11-20)26(32)19-30(3)36(34,35)24-15-12-21-8-6-7-9-22(21)17-24/h6-15,17,25H,4-5,16,18-19H2,1-3H3,(H,29,33)/t25-/m1/s1.